The monoisotopic (exact) mass is 326 g/mol. The van der Waals surface area contributed by atoms with E-state index in [2.05, 4.69) is 17.4 Å². The van der Waals surface area contributed by atoms with Crippen molar-refractivity contribution in [2.45, 2.75) is 103 Å². The maximum Gasteiger partial charge on any atom is 0.219 e. The van der Waals surface area contributed by atoms with E-state index < -0.39 is 0 Å². The summed E-state index contributed by atoms with van der Waals surface area (Å²) in [6.07, 6.45) is 18.5. The lowest BCUT2D eigenvalue weighted by Gasteiger charge is -2.04. The molecule has 0 saturated carbocycles. The van der Waals surface area contributed by atoms with Crippen molar-refractivity contribution in [3.05, 3.63) is 4.91 Å². The Morgan fingerprint density at radius 2 is 1.22 bits per heavy atom. The van der Waals surface area contributed by atoms with Crippen molar-refractivity contribution in [3.8, 4) is 0 Å². The van der Waals surface area contributed by atoms with Gasteiger partial charge in [0.2, 0.25) is 5.91 Å². The Balaban J connectivity index is 3.09. The van der Waals surface area contributed by atoms with Gasteiger partial charge >= 0.3 is 0 Å². The average molecular weight is 327 g/mol. The van der Waals surface area contributed by atoms with Gasteiger partial charge in [0.05, 0.1) is 6.54 Å². The van der Waals surface area contributed by atoms with Gasteiger partial charge in [-0.3, -0.25) is 4.79 Å². The average Bonchev–Trinajstić information content (AvgIpc) is 2.56. The maximum atomic E-state index is 11.5. The molecule has 0 atom stereocenters. The van der Waals surface area contributed by atoms with Crippen LogP contribution in [0, 0.1) is 4.91 Å². The van der Waals surface area contributed by atoms with Crippen LogP contribution in [0.5, 0.6) is 0 Å². The molecule has 0 heterocycles. The highest BCUT2D eigenvalue weighted by atomic mass is 16.3. The summed E-state index contributed by atoms with van der Waals surface area (Å²) in [6, 6.07) is 0. The van der Waals surface area contributed by atoms with Crippen molar-refractivity contribution in [2.24, 2.45) is 5.18 Å². The third-order valence-electron chi connectivity index (χ3n) is 4.26. The molecule has 0 radical (unpaired) electrons. The standard InChI is InChI=1S/C19H38N2O2/c1-2-3-4-5-6-7-8-9-10-11-12-13-14-16-19(22)20-17-15-18-21-23/h2-18H2,1H3,(H,20,22). The lowest BCUT2D eigenvalue weighted by atomic mass is 10.0. The molecule has 0 spiro atoms. The molecule has 0 aromatic heterocycles. The molecule has 1 N–H and O–H groups in total. The Hall–Kier alpha value is -0.930. The van der Waals surface area contributed by atoms with E-state index in [1.165, 1.54) is 70.6 Å². The Morgan fingerprint density at radius 3 is 1.70 bits per heavy atom. The minimum absolute atomic E-state index is 0.110. The van der Waals surface area contributed by atoms with Crippen LogP contribution >= 0.6 is 0 Å². The van der Waals surface area contributed by atoms with E-state index in [9.17, 15) is 9.70 Å². The SMILES string of the molecule is CCCCCCCCCCCCCCCC(=O)NCCCN=O. The zero-order valence-electron chi connectivity index (χ0n) is 15.3. The molecule has 0 aromatic carbocycles. The van der Waals surface area contributed by atoms with Gasteiger partial charge in [-0.25, -0.2) is 0 Å². The van der Waals surface area contributed by atoms with E-state index in [1.54, 1.807) is 0 Å². The van der Waals surface area contributed by atoms with Crippen molar-refractivity contribution in [1.82, 2.24) is 5.32 Å². The van der Waals surface area contributed by atoms with Crippen LogP contribution in [0.4, 0.5) is 0 Å². The van der Waals surface area contributed by atoms with Crippen LogP contribution < -0.4 is 5.32 Å². The van der Waals surface area contributed by atoms with Crippen LogP contribution in [0.2, 0.25) is 0 Å². The molecule has 0 aliphatic rings. The summed E-state index contributed by atoms with van der Waals surface area (Å²) in [7, 11) is 0. The van der Waals surface area contributed by atoms with E-state index in [0.29, 0.717) is 25.9 Å². The van der Waals surface area contributed by atoms with Gasteiger partial charge in [-0.05, 0) is 12.8 Å². The first kappa shape index (κ1) is 22.1. The van der Waals surface area contributed by atoms with Gasteiger partial charge in [-0.2, -0.15) is 4.91 Å². The van der Waals surface area contributed by atoms with Crippen LogP contribution in [-0.4, -0.2) is 19.0 Å². The summed E-state index contributed by atoms with van der Waals surface area (Å²) in [6.45, 7) is 3.13. The summed E-state index contributed by atoms with van der Waals surface area (Å²) >= 11 is 0. The molecular formula is C19H38N2O2. The predicted molar refractivity (Wildman–Crippen MR) is 98.6 cm³/mol. The number of nitrogens with one attached hydrogen (secondary N) is 1. The summed E-state index contributed by atoms with van der Waals surface area (Å²) in [4.78, 5) is 21.4. The van der Waals surface area contributed by atoms with Crippen LogP contribution in [0.15, 0.2) is 5.18 Å². The largest absolute Gasteiger partial charge is 0.356 e. The molecule has 23 heavy (non-hydrogen) atoms. The third kappa shape index (κ3) is 19.0. The number of nitroso groups, excluding NO2 is 1. The summed E-state index contributed by atoms with van der Waals surface area (Å²) in [5.74, 6) is 0.110. The van der Waals surface area contributed by atoms with Gasteiger partial charge in [-0.15, -0.1) is 0 Å². The molecule has 0 saturated heterocycles. The zero-order valence-corrected chi connectivity index (χ0v) is 15.3. The quantitative estimate of drug-likeness (QED) is 0.258. The van der Waals surface area contributed by atoms with Gasteiger partial charge < -0.3 is 5.32 Å². The highest BCUT2D eigenvalue weighted by Gasteiger charge is 2.00. The fraction of sp³-hybridized carbons (Fsp3) is 0.947. The molecule has 4 nitrogen and oxygen atoms in total. The molecule has 0 aliphatic heterocycles. The second-order valence-electron chi connectivity index (χ2n) is 6.55. The van der Waals surface area contributed by atoms with Crippen molar-refractivity contribution in [2.75, 3.05) is 13.1 Å². The van der Waals surface area contributed by atoms with Crippen LogP contribution in [0.1, 0.15) is 103 Å². The minimum atomic E-state index is 0.110. The normalized spacial score (nSPS) is 10.7. The summed E-state index contributed by atoms with van der Waals surface area (Å²) < 4.78 is 0. The predicted octanol–water partition coefficient (Wildman–Crippen LogP) is 5.74. The molecule has 0 bridgehead atoms. The number of hydrogen-bond donors (Lipinski definition) is 1. The molecule has 0 rings (SSSR count). The van der Waals surface area contributed by atoms with Crippen molar-refractivity contribution >= 4 is 5.91 Å². The van der Waals surface area contributed by atoms with Gasteiger partial charge in [0, 0.05) is 13.0 Å². The number of unbranched alkanes of at least 4 members (excludes halogenated alkanes) is 12. The first-order chi connectivity index (χ1) is 11.3. The van der Waals surface area contributed by atoms with Crippen LogP contribution in [-0.2, 0) is 4.79 Å². The molecular weight excluding hydrogens is 288 g/mol. The third-order valence-corrected chi connectivity index (χ3v) is 4.26. The number of amides is 1. The summed E-state index contributed by atoms with van der Waals surface area (Å²) in [5, 5.41) is 5.59. The number of hydrogen-bond acceptors (Lipinski definition) is 3. The summed E-state index contributed by atoms with van der Waals surface area (Å²) in [5.41, 5.74) is 0. The van der Waals surface area contributed by atoms with Crippen LogP contribution in [0.3, 0.4) is 0 Å². The number of nitrogens with zero attached hydrogens (tertiary/aromatic N) is 1. The lowest BCUT2D eigenvalue weighted by molar-refractivity contribution is -0.121. The van der Waals surface area contributed by atoms with E-state index in [-0.39, 0.29) is 5.91 Å². The fourth-order valence-corrected chi connectivity index (χ4v) is 2.76. The van der Waals surface area contributed by atoms with Crippen molar-refractivity contribution in [1.29, 1.82) is 0 Å². The molecule has 136 valence electrons. The minimum Gasteiger partial charge on any atom is -0.356 e. The van der Waals surface area contributed by atoms with E-state index >= 15 is 0 Å². The van der Waals surface area contributed by atoms with E-state index in [4.69, 9.17) is 0 Å². The molecule has 0 aromatic rings. The number of carbonyl (C=O) groups is 1. The van der Waals surface area contributed by atoms with Gasteiger partial charge in [0.1, 0.15) is 0 Å². The number of rotatable bonds is 18. The second-order valence-corrected chi connectivity index (χ2v) is 6.55. The number of carbonyl (C=O) groups excluding carboxylic acids is 1. The second kappa shape index (κ2) is 19.1. The molecule has 0 fully saturated rings. The molecule has 0 unspecified atom stereocenters. The topological polar surface area (TPSA) is 58.5 Å². The Morgan fingerprint density at radius 1 is 0.739 bits per heavy atom. The Kier molecular flexibility index (Phi) is 18.3. The molecule has 1 amide bonds. The zero-order chi connectivity index (χ0) is 17.0. The van der Waals surface area contributed by atoms with E-state index in [0.717, 1.165) is 12.8 Å². The Labute approximate surface area is 143 Å². The maximum absolute atomic E-state index is 11.5. The smallest absolute Gasteiger partial charge is 0.219 e. The van der Waals surface area contributed by atoms with Crippen molar-refractivity contribution in [3.63, 3.8) is 0 Å². The van der Waals surface area contributed by atoms with Crippen LogP contribution in [0.25, 0.3) is 0 Å². The Bertz CT molecular complexity index is 270. The molecule has 4 heteroatoms. The first-order valence-corrected chi connectivity index (χ1v) is 9.87. The van der Waals surface area contributed by atoms with Gasteiger partial charge in [-0.1, -0.05) is 89.2 Å². The highest BCUT2D eigenvalue weighted by Crippen LogP contribution is 2.12. The highest BCUT2D eigenvalue weighted by molar-refractivity contribution is 5.75. The van der Waals surface area contributed by atoms with Gasteiger partial charge in [0.25, 0.3) is 0 Å². The fourth-order valence-electron chi connectivity index (χ4n) is 2.76. The van der Waals surface area contributed by atoms with E-state index in [1.807, 2.05) is 0 Å². The lowest BCUT2D eigenvalue weighted by Crippen LogP contribution is -2.24. The van der Waals surface area contributed by atoms with Crippen molar-refractivity contribution < 1.29 is 4.79 Å². The molecule has 0 aliphatic carbocycles. The first-order valence-electron chi connectivity index (χ1n) is 9.87. The van der Waals surface area contributed by atoms with Gasteiger partial charge in [0.15, 0.2) is 0 Å².